The molecule has 1 spiro atoms. The fourth-order valence-electron chi connectivity index (χ4n) is 7.25. The summed E-state index contributed by atoms with van der Waals surface area (Å²) in [6, 6.07) is 20.7. The van der Waals surface area contributed by atoms with Crippen LogP contribution in [0.5, 0.6) is 5.75 Å². The van der Waals surface area contributed by atoms with E-state index in [1.54, 1.807) is 0 Å². The second-order valence-electron chi connectivity index (χ2n) is 13.4. The number of likely N-dealkylation sites (tertiary alicyclic amines) is 1. The van der Waals surface area contributed by atoms with Crippen molar-refractivity contribution < 1.29 is 14.3 Å². The number of nitrogens with zero attached hydrogens (tertiary/aromatic N) is 3. The quantitative estimate of drug-likeness (QED) is 0.334. The first-order valence-corrected chi connectivity index (χ1v) is 14.4. The van der Waals surface area contributed by atoms with Crippen LogP contribution in [0, 0.1) is 0 Å². The summed E-state index contributed by atoms with van der Waals surface area (Å²) in [6.07, 6.45) is 3.76. The third kappa shape index (κ3) is 4.02. The molecule has 3 heterocycles. The van der Waals surface area contributed by atoms with Gasteiger partial charge in [0.25, 0.3) is 0 Å². The van der Waals surface area contributed by atoms with E-state index in [2.05, 4.69) is 94.8 Å². The highest BCUT2D eigenvalue weighted by molar-refractivity contribution is 5.99. The zero-order chi connectivity index (χ0) is 28.5. The molecule has 6 heteroatoms. The highest BCUT2D eigenvalue weighted by Crippen LogP contribution is 2.54. The summed E-state index contributed by atoms with van der Waals surface area (Å²) in [6.45, 7) is 13.8. The van der Waals surface area contributed by atoms with Crippen molar-refractivity contribution in [3.05, 3.63) is 66.2 Å². The van der Waals surface area contributed by atoms with Gasteiger partial charge in [-0.3, -0.25) is 14.7 Å². The van der Waals surface area contributed by atoms with Crippen molar-refractivity contribution in [3.63, 3.8) is 0 Å². The van der Waals surface area contributed by atoms with Gasteiger partial charge in [0.2, 0.25) is 5.72 Å². The van der Waals surface area contributed by atoms with Gasteiger partial charge in [0.1, 0.15) is 17.5 Å². The van der Waals surface area contributed by atoms with Gasteiger partial charge in [-0.05, 0) is 71.7 Å². The molecule has 3 aliphatic heterocycles. The number of piperidine rings is 1. The van der Waals surface area contributed by atoms with Crippen molar-refractivity contribution in [1.82, 2.24) is 4.90 Å². The number of esters is 1. The summed E-state index contributed by atoms with van der Waals surface area (Å²) in [5.74, 6) is 0.586. The number of ether oxygens (including phenoxy) is 2. The van der Waals surface area contributed by atoms with Crippen LogP contribution in [0.3, 0.4) is 0 Å². The molecule has 210 valence electrons. The second kappa shape index (κ2) is 9.07. The lowest BCUT2D eigenvalue weighted by Gasteiger charge is -2.53. The van der Waals surface area contributed by atoms with Crippen molar-refractivity contribution >= 4 is 34.3 Å². The highest BCUT2D eigenvalue weighted by Gasteiger charge is 2.59. The number of anilines is 1. The number of benzene rings is 3. The summed E-state index contributed by atoms with van der Waals surface area (Å²) in [5.41, 5.74) is 1.72. The van der Waals surface area contributed by atoms with Gasteiger partial charge in [-0.25, -0.2) is 0 Å². The van der Waals surface area contributed by atoms with Crippen molar-refractivity contribution in [1.29, 1.82) is 0 Å². The average molecular weight is 540 g/mol. The molecule has 3 aliphatic rings. The van der Waals surface area contributed by atoms with Crippen LogP contribution in [0.2, 0.25) is 0 Å². The van der Waals surface area contributed by atoms with Crippen LogP contribution >= 0.6 is 0 Å². The van der Waals surface area contributed by atoms with E-state index in [-0.39, 0.29) is 29.6 Å². The monoisotopic (exact) mass is 539 g/mol. The van der Waals surface area contributed by atoms with E-state index in [0.717, 1.165) is 40.7 Å². The van der Waals surface area contributed by atoms with Gasteiger partial charge in [0.05, 0.1) is 18.1 Å². The molecule has 0 aromatic heterocycles. The molecule has 0 N–H and O–H groups in total. The van der Waals surface area contributed by atoms with Crippen LogP contribution in [0.4, 0.5) is 11.4 Å². The first-order chi connectivity index (χ1) is 18.9. The van der Waals surface area contributed by atoms with Crippen molar-refractivity contribution in [2.75, 3.05) is 18.5 Å². The predicted octanol–water partition coefficient (Wildman–Crippen LogP) is 7.01. The minimum Gasteiger partial charge on any atom is -0.462 e. The molecule has 0 saturated carbocycles. The number of para-hydroxylation sites is 1. The fourth-order valence-corrected chi connectivity index (χ4v) is 7.25. The molecule has 0 radical (unpaired) electrons. The number of aliphatic imine (C=N–C) groups is 1. The molecule has 1 saturated heterocycles. The number of hydrogen-bond donors (Lipinski definition) is 0. The van der Waals surface area contributed by atoms with Crippen LogP contribution in [0.25, 0.3) is 10.8 Å². The normalized spacial score (nSPS) is 24.5. The van der Waals surface area contributed by atoms with Crippen LogP contribution in [0.15, 0.2) is 65.7 Å². The molecule has 0 bridgehead atoms. The molecule has 1 unspecified atom stereocenters. The Kier molecular flexibility index (Phi) is 6.08. The second-order valence-corrected chi connectivity index (χ2v) is 13.4. The highest BCUT2D eigenvalue weighted by atomic mass is 16.5. The maximum Gasteiger partial charge on any atom is 0.307 e. The van der Waals surface area contributed by atoms with Crippen molar-refractivity contribution in [3.8, 4) is 5.75 Å². The summed E-state index contributed by atoms with van der Waals surface area (Å²) < 4.78 is 13.1. The van der Waals surface area contributed by atoms with Gasteiger partial charge >= 0.3 is 5.97 Å². The third-order valence-corrected chi connectivity index (χ3v) is 9.77. The minimum absolute atomic E-state index is 0.0430. The summed E-state index contributed by atoms with van der Waals surface area (Å²) >= 11 is 0. The Morgan fingerprint density at radius 3 is 2.38 bits per heavy atom. The standard InChI is InChI=1S/C34H41N3O3/c1-31(2)20-24(21-32(3,4)36(31)7)39-29(38)18-19-37-27-15-11-10-14-26(27)33(5,6)34(37)22-35-30-25-13-9-8-12-23(25)16-17-28(30)40-34/h8-17,22,24H,18-21H2,1-7H3. The van der Waals surface area contributed by atoms with Crippen LogP contribution < -0.4 is 9.64 Å². The number of carbonyl (C=O) groups is 1. The smallest absolute Gasteiger partial charge is 0.307 e. The predicted molar refractivity (Wildman–Crippen MR) is 162 cm³/mol. The zero-order valence-corrected chi connectivity index (χ0v) is 24.8. The molecule has 0 amide bonds. The molecule has 3 aromatic rings. The number of fused-ring (bicyclic) bond motifs is 4. The van der Waals surface area contributed by atoms with Crippen molar-refractivity contribution in [2.24, 2.45) is 4.99 Å². The maximum atomic E-state index is 13.3. The van der Waals surface area contributed by atoms with Crippen LogP contribution in [-0.4, -0.2) is 53.6 Å². The molecule has 3 aromatic carbocycles. The average Bonchev–Trinajstić information content (AvgIpc) is 3.08. The lowest BCUT2D eigenvalue weighted by molar-refractivity contribution is -0.158. The molecule has 6 rings (SSSR count). The summed E-state index contributed by atoms with van der Waals surface area (Å²) in [7, 11) is 2.16. The SMILES string of the molecule is CN1C(C)(C)CC(OC(=O)CCN2c3ccccc3C(C)(C)C23C=Nc2c(ccc4ccccc24)O3)CC1(C)C. The van der Waals surface area contributed by atoms with Gasteiger partial charge < -0.3 is 14.4 Å². The molecular weight excluding hydrogens is 498 g/mol. The zero-order valence-electron chi connectivity index (χ0n) is 24.8. The first-order valence-electron chi connectivity index (χ1n) is 14.4. The Hall–Kier alpha value is -3.38. The largest absolute Gasteiger partial charge is 0.462 e. The first kappa shape index (κ1) is 26.8. The molecule has 1 fully saturated rings. The topological polar surface area (TPSA) is 54.4 Å². The van der Waals surface area contributed by atoms with E-state index in [1.165, 1.54) is 5.56 Å². The van der Waals surface area contributed by atoms with Gasteiger partial charge in [0, 0.05) is 41.5 Å². The minimum atomic E-state index is -0.871. The Balaban J connectivity index is 1.28. The molecule has 6 nitrogen and oxygen atoms in total. The third-order valence-electron chi connectivity index (χ3n) is 9.77. The van der Waals surface area contributed by atoms with Gasteiger partial charge in [-0.2, -0.15) is 0 Å². The van der Waals surface area contributed by atoms with E-state index in [1.807, 2.05) is 30.5 Å². The van der Waals surface area contributed by atoms with Crippen LogP contribution in [-0.2, 0) is 14.9 Å². The van der Waals surface area contributed by atoms with Gasteiger partial charge in [-0.1, -0.05) is 48.5 Å². The van der Waals surface area contributed by atoms with E-state index < -0.39 is 11.1 Å². The number of carbonyl (C=O) groups excluding carboxylic acids is 1. The molecule has 1 atom stereocenters. The Morgan fingerprint density at radius 1 is 0.950 bits per heavy atom. The van der Waals surface area contributed by atoms with Crippen molar-refractivity contribution in [2.45, 2.75) is 89.1 Å². The van der Waals surface area contributed by atoms with Gasteiger partial charge in [0.15, 0.2) is 0 Å². The Morgan fingerprint density at radius 2 is 1.62 bits per heavy atom. The molecule has 40 heavy (non-hydrogen) atoms. The fraction of sp³-hybridized carbons (Fsp3) is 0.471. The number of hydrogen-bond acceptors (Lipinski definition) is 6. The molecular formula is C34H41N3O3. The lowest BCUT2D eigenvalue weighted by atomic mass is 9.77. The van der Waals surface area contributed by atoms with E-state index in [0.29, 0.717) is 6.54 Å². The van der Waals surface area contributed by atoms with E-state index >= 15 is 0 Å². The Labute approximate surface area is 238 Å². The molecule has 0 aliphatic carbocycles. The van der Waals surface area contributed by atoms with E-state index in [4.69, 9.17) is 14.5 Å². The maximum absolute atomic E-state index is 13.3. The number of rotatable bonds is 4. The summed E-state index contributed by atoms with van der Waals surface area (Å²) in [5, 5.41) is 2.20. The summed E-state index contributed by atoms with van der Waals surface area (Å²) in [4.78, 5) is 23.0. The van der Waals surface area contributed by atoms with Crippen LogP contribution in [0.1, 0.15) is 66.4 Å². The van der Waals surface area contributed by atoms with Gasteiger partial charge in [-0.15, -0.1) is 0 Å². The Bertz CT molecular complexity index is 1490. The lowest BCUT2D eigenvalue weighted by Crippen LogP contribution is -2.62. The van der Waals surface area contributed by atoms with E-state index in [9.17, 15) is 4.79 Å².